The third kappa shape index (κ3) is 2.99. The molecule has 0 atom stereocenters. The normalized spacial score (nSPS) is 11.3. The van der Waals surface area contributed by atoms with Gasteiger partial charge in [-0.1, -0.05) is 17.3 Å². The number of hydrogen-bond donors (Lipinski definition) is 1. The minimum absolute atomic E-state index is 0.158. The Bertz CT molecular complexity index is 872. The zero-order valence-corrected chi connectivity index (χ0v) is 12.5. The highest BCUT2D eigenvalue weighted by atomic mass is 32.2. The summed E-state index contributed by atoms with van der Waals surface area (Å²) in [7, 11) is -3.68. The van der Waals surface area contributed by atoms with Gasteiger partial charge in [0.2, 0.25) is 0 Å². The Kier molecular flexibility index (Phi) is 3.64. The molecule has 3 rings (SSSR count). The van der Waals surface area contributed by atoms with E-state index in [4.69, 9.17) is 4.52 Å². The molecule has 0 spiro atoms. The van der Waals surface area contributed by atoms with Crippen LogP contribution in [-0.4, -0.2) is 18.6 Å². The first kappa shape index (κ1) is 14.3. The van der Waals surface area contributed by atoms with Crippen LogP contribution >= 0.6 is 0 Å². The predicted molar refractivity (Wildman–Crippen MR) is 81.7 cm³/mol. The number of rotatable bonds is 4. The van der Waals surface area contributed by atoms with E-state index in [-0.39, 0.29) is 10.7 Å². The second kappa shape index (κ2) is 5.61. The van der Waals surface area contributed by atoms with Crippen LogP contribution in [0.25, 0.3) is 11.1 Å². The molecule has 0 aliphatic heterocycles. The molecule has 2 heterocycles. The van der Waals surface area contributed by atoms with E-state index in [0.29, 0.717) is 5.76 Å². The molecular weight excluding hydrogens is 302 g/mol. The summed E-state index contributed by atoms with van der Waals surface area (Å²) in [5.74, 6) is 0.696. The number of aromatic nitrogens is 2. The van der Waals surface area contributed by atoms with Gasteiger partial charge in [0.25, 0.3) is 10.0 Å². The van der Waals surface area contributed by atoms with Crippen molar-refractivity contribution in [2.75, 3.05) is 4.72 Å². The van der Waals surface area contributed by atoms with Crippen molar-refractivity contribution in [2.24, 2.45) is 0 Å². The molecular formula is C15H13N3O3S. The largest absolute Gasteiger partial charge is 0.360 e. The van der Waals surface area contributed by atoms with Crippen molar-refractivity contribution in [3.63, 3.8) is 0 Å². The smallest absolute Gasteiger partial charge is 0.263 e. The fourth-order valence-corrected chi connectivity index (χ4v) is 2.97. The van der Waals surface area contributed by atoms with Crippen molar-refractivity contribution in [3.05, 3.63) is 60.6 Å². The van der Waals surface area contributed by atoms with Gasteiger partial charge in [-0.15, -0.1) is 0 Å². The molecule has 0 amide bonds. The number of sulfonamides is 1. The molecule has 2 aromatic heterocycles. The van der Waals surface area contributed by atoms with Gasteiger partial charge in [0.1, 0.15) is 5.76 Å². The standard InChI is InChI=1S/C15H13N3O3S/c1-11-10-15(17-21-11)18-22(19,20)14-4-2-12(3-5-14)13-6-8-16-9-7-13/h2-10H,1H3,(H,17,18). The van der Waals surface area contributed by atoms with Crippen molar-refractivity contribution in [1.82, 2.24) is 10.1 Å². The molecule has 3 aromatic rings. The van der Waals surface area contributed by atoms with Gasteiger partial charge in [-0.3, -0.25) is 9.71 Å². The average molecular weight is 315 g/mol. The van der Waals surface area contributed by atoms with Gasteiger partial charge in [0, 0.05) is 18.5 Å². The van der Waals surface area contributed by atoms with E-state index in [1.54, 1.807) is 43.6 Å². The lowest BCUT2D eigenvalue weighted by Gasteiger charge is -2.06. The molecule has 1 N–H and O–H groups in total. The van der Waals surface area contributed by atoms with Crippen LogP contribution in [0.15, 0.2) is 64.3 Å². The summed E-state index contributed by atoms with van der Waals surface area (Å²) in [6.45, 7) is 1.69. The number of benzene rings is 1. The van der Waals surface area contributed by atoms with Gasteiger partial charge in [-0.25, -0.2) is 8.42 Å². The maximum Gasteiger partial charge on any atom is 0.263 e. The van der Waals surface area contributed by atoms with Crippen LogP contribution in [-0.2, 0) is 10.0 Å². The second-order valence-corrected chi connectivity index (χ2v) is 6.37. The number of pyridine rings is 1. The first-order chi connectivity index (χ1) is 10.5. The summed E-state index contributed by atoms with van der Waals surface area (Å²) in [5.41, 5.74) is 1.89. The Morgan fingerprint density at radius 3 is 2.23 bits per heavy atom. The maximum absolute atomic E-state index is 12.3. The summed E-state index contributed by atoms with van der Waals surface area (Å²) in [4.78, 5) is 4.11. The minimum atomic E-state index is -3.68. The first-order valence-corrected chi connectivity index (χ1v) is 7.99. The quantitative estimate of drug-likeness (QED) is 0.800. The molecule has 0 unspecified atom stereocenters. The van der Waals surface area contributed by atoms with Gasteiger partial charge in [0.05, 0.1) is 4.90 Å². The maximum atomic E-state index is 12.3. The van der Waals surface area contributed by atoms with E-state index in [0.717, 1.165) is 11.1 Å². The summed E-state index contributed by atoms with van der Waals surface area (Å²) in [6, 6.07) is 11.8. The Morgan fingerprint density at radius 1 is 1.00 bits per heavy atom. The monoisotopic (exact) mass is 315 g/mol. The van der Waals surface area contributed by atoms with E-state index >= 15 is 0 Å². The molecule has 7 heteroatoms. The highest BCUT2D eigenvalue weighted by Gasteiger charge is 2.16. The summed E-state index contributed by atoms with van der Waals surface area (Å²) >= 11 is 0. The van der Waals surface area contributed by atoms with Gasteiger partial charge in [-0.2, -0.15) is 0 Å². The highest BCUT2D eigenvalue weighted by molar-refractivity contribution is 7.92. The summed E-state index contributed by atoms with van der Waals surface area (Å²) in [5, 5.41) is 3.62. The summed E-state index contributed by atoms with van der Waals surface area (Å²) < 4.78 is 31.7. The highest BCUT2D eigenvalue weighted by Crippen LogP contribution is 2.22. The van der Waals surface area contributed by atoms with E-state index in [1.165, 1.54) is 6.07 Å². The van der Waals surface area contributed by atoms with Crippen LogP contribution in [0, 0.1) is 6.92 Å². The van der Waals surface area contributed by atoms with Gasteiger partial charge < -0.3 is 4.52 Å². The molecule has 1 aromatic carbocycles. The Balaban J connectivity index is 1.86. The van der Waals surface area contributed by atoms with Crippen LogP contribution in [0.3, 0.4) is 0 Å². The van der Waals surface area contributed by atoms with Crippen LogP contribution in [0.5, 0.6) is 0 Å². The molecule has 0 fully saturated rings. The fourth-order valence-electron chi connectivity index (χ4n) is 1.98. The number of nitrogens with one attached hydrogen (secondary N) is 1. The molecule has 0 saturated carbocycles. The number of hydrogen-bond acceptors (Lipinski definition) is 5. The molecule has 0 saturated heterocycles. The van der Waals surface area contributed by atoms with Gasteiger partial charge in [0.15, 0.2) is 5.82 Å². The number of nitrogens with zero attached hydrogens (tertiary/aromatic N) is 2. The minimum Gasteiger partial charge on any atom is -0.360 e. The fraction of sp³-hybridized carbons (Fsp3) is 0.0667. The predicted octanol–water partition coefficient (Wildman–Crippen LogP) is 2.85. The van der Waals surface area contributed by atoms with Crippen molar-refractivity contribution >= 4 is 15.8 Å². The average Bonchev–Trinajstić information content (AvgIpc) is 2.93. The Hall–Kier alpha value is -2.67. The van der Waals surface area contributed by atoms with Crippen molar-refractivity contribution in [3.8, 4) is 11.1 Å². The van der Waals surface area contributed by atoms with E-state index < -0.39 is 10.0 Å². The van der Waals surface area contributed by atoms with Crippen molar-refractivity contribution < 1.29 is 12.9 Å². The molecule has 0 radical (unpaired) electrons. The number of aryl methyl sites for hydroxylation is 1. The van der Waals surface area contributed by atoms with Crippen LogP contribution in [0.2, 0.25) is 0 Å². The second-order valence-electron chi connectivity index (χ2n) is 4.69. The third-order valence-electron chi connectivity index (χ3n) is 3.05. The lowest BCUT2D eigenvalue weighted by atomic mass is 10.1. The third-order valence-corrected chi connectivity index (χ3v) is 4.42. The zero-order chi connectivity index (χ0) is 15.6. The molecule has 22 heavy (non-hydrogen) atoms. The summed E-state index contributed by atoms with van der Waals surface area (Å²) in [6.07, 6.45) is 3.38. The van der Waals surface area contributed by atoms with Crippen molar-refractivity contribution in [1.29, 1.82) is 0 Å². The number of anilines is 1. The van der Waals surface area contributed by atoms with Crippen LogP contribution in [0.4, 0.5) is 5.82 Å². The molecule has 0 aliphatic rings. The molecule has 0 bridgehead atoms. The van der Waals surface area contributed by atoms with Crippen LogP contribution in [0.1, 0.15) is 5.76 Å². The van der Waals surface area contributed by atoms with Crippen LogP contribution < -0.4 is 4.72 Å². The lowest BCUT2D eigenvalue weighted by molar-refractivity contribution is 0.400. The molecule has 6 nitrogen and oxygen atoms in total. The topological polar surface area (TPSA) is 85.1 Å². The zero-order valence-electron chi connectivity index (χ0n) is 11.7. The SMILES string of the molecule is Cc1cc(NS(=O)(=O)c2ccc(-c3ccncc3)cc2)no1. The van der Waals surface area contributed by atoms with E-state index in [9.17, 15) is 8.42 Å². The van der Waals surface area contributed by atoms with E-state index in [1.807, 2.05) is 12.1 Å². The Morgan fingerprint density at radius 2 is 1.64 bits per heavy atom. The molecule has 112 valence electrons. The van der Waals surface area contributed by atoms with E-state index in [2.05, 4.69) is 14.9 Å². The lowest BCUT2D eigenvalue weighted by Crippen LogP contribution is -2.12. The van der Waals surface area contributed by atoms with Crippen molar-refractivity contribution in [2.45, 2.75) is 11.8 Å². The Labute approximate surface area is 127 Å². The first-order valence-electron chi connectivity index (χ1n) is 6.51. The van der Waals surface area contributed by atoms with Gasteiger partial charge in [-0.05, 0) is 42.3 Å². The van der Waals surface area contributed by atoms with Gasteiger partial charge >= 0.3 is 0 Å². The molecule has 0 aliphatic carbocycles.